The summed E-state index contributed by atoms with van der Waals surface area (Å²) in [6.45, 7) is 0.960. The van der Waals surface area contributed by atoms with E-state index < -0.39 is 0 Å². The van der Waals surface area contributed by atoms with Crippen molar-refractivity contribution < 1.29 is 9.21 Å². The van der Waals surface area contributed by atoms with Crippen LogP contribution >= 0.6 is 0 Å². The van der Waals surface area contributed by atoms with E-state index in [0.717, 1.165) is 23.3 Å². The second-order valence-corrected chi connectivity index (χ2v) is 6.64. The lowest BCUT2D eigenvalue weighted by Gasteiger charge is -2.21. The highest BCUT2D eigenvalue weighted by Gasteiger charge is 2.27. The highest BCUT2D eigenvalue weighted by molar-refractivity contribution is 5.78. The molecule has 4 rings (SSSR count). The van der Waals surface area contributed by atoms with Crippen LogP contribution in [0.2, 0.25) is 0 Å². The van der Waals surface area contributed by atoms with Gasteiger partial charge in [0.2, 0.25) is 5.91 Å². The number of carbonyl (C=O) groups excluding carboxylic acids is 1. The van der Waals surface area contributed by atoms with Crippen molar-refractivity contribution in [1.82, 2.24) is 24.6 Å². The molecule has 0 unspecified atom stereocenters. The van der Waals surface area contributed by atoms with Crippen molar-refractivity contribution in [3.8, 4) is 0 Å². The minimum atomic E-state index is -0.186. The molecular weight excluding hydrogens is 334 g/mol. The molecule has 0 saturated heterocycles. The van der Waals surface area contributed by atoms with Crippen molar-refractivity contribution in [2.45, 2.75) is 32.2 Å². The number of carbonyl (C=O) groups is 1. The summed E-state index contributed by atoms with van der Waals surface area (Å²) < 4.78 is 8.61. The molecule has 0 fully saturated rings. The van der Waals surface area contributed by atoms with Gasteiger partial charge in [-0.1, -0.05) is 12.1 Å². The number of fused-ring (bicyclic) bond motifs is 2. The Morgan fingerprint density at radius 2 is 2.23 bits per heavy atom. The molecule has 1 amide bonds. The van der Waals surface area contributed by atoms with Gasteiger partial charge in [0.1, 0.15) is 11.3 Å². The minimum Gasteiger partial charge on any atom is -0.441 e. The van der Waals surface area contributed by atoms with Crippen LogP contribution in [-0.4, -0.2) is 31.8 Å². The molecule has 26 heavy (non-hydrogen) atoms. The topological polar surface area (TPSA) is 95.0 Å². The molecule has 0 radical (unpaired) electrons. The maximum absolute atomic E-state index is 12.4. The maximum Gasteiger partial charge on any atom is 0.345 e. The zero-order chi connectivity index (χ0) is 18.1. The van der Waals surface area contributed by atoms with Crippen LogP contribution in [0.5, 0.6) is 0 Å². The van der Waals surface area contributed by atoms with Crippen molar-refractivity contribution in [2.24, 2.45) is 13.0 Å². The van der Waals surface area contributed by atoms with E-state index in [2.05, 4.69) is 15.4 Å². The Morgan fingerprint density at radius 3 is 3.08 bits per heavy atom. The second-order valence-electron chi connectivity index (χ2n) is 6.64. The Bertz CT molecular complexity index is 967. The van der Waals surface area contributed by atoms with Crippen molar-refractivity contribution in [3.05, 3.63) is 46.5 Å². The van der Waals surface area contributed by atoms with E-state index >= 15 is 0 Å². The third-order valence-corrected chi connectivity index (χ3v) is 4.78. The maximum atomic E-state index is 12.4. The van der Waals surface area contributed by atoms with Crippen LogP contribution in [0.15, 0.2) is 33.5 Å². The number of hydrogen-bond donors (Lipinski definition) is 1. The van der Waals surface area contributed by atoms with Crippen LogP contribution in [0.4, 0.5) is 0 Å². The van der Waals surface area contributed by atoms with E-state index in [1.807, 2.05) is 24.3 Å². The second kappa shape index (κ2) is 6.78. The van der Waals surface area contributed by atoms with Gasteiger partial charge in [0, 0.05) is 33.0 Å². The molecule has 0 bridgehead atoms. The number of benzene rings is 1. The summed E-state index contributed by atoms with van der Waals surface area (Å²) in [5.41, 5.74) is 1.48. The Balaban J connectivity index is 1.28. The average molecular weight is 355 g/mol. The monoisotopic (exact) mass is 355 g/mol. The van der Waals surface area contributed by atoms with Crippen molar-refractivity contribution >= 4 is 17.0 Å². The summed E-state index contributed by atoms with van der Waals surface area (Å²) >= 11 is 0. The Kier molecular flexibility index (Phi) is 4.32. The van der Waals surface area contributed by atoms with E-state index in [1.54, 1.807) is 11.6 Å². The SMILES string of the molecule is Cn1nc2n(c1=O)C[C@H](C(=O)NCCCc1nc3ccccc3o1)CC2. The molecule has 0 saturated carbocycles. The lowest BCUT2D eigenvalue weighted by atomic mass is 9.98. The van der Waals surface area contributed by atoms with Gasteiger partial charge in [-0.15, -0.1) is 0 Å². The number of hydrogen-bond acceptors (Lipinski definition) is 5. The number of nitrogens with one attached hydrogen (secondary N) is 1. The van der Waals surface area contributed by atoms with E-state index in [0.29, 0.717) is 38.2 Å². The lowest BCUT2D eigenvalue weighted by molar-refractivity contribution is -0.125. The lowest BCUT2D eigenvalue weighted by Crippen LogP contribution is -2.39. The van der Waals surface area contributed by atoms with E-state index in [9.17, 15) is 9.59 Å². The average Bonchev–Trinajstić information content (AvgIpc) is 3.19. The van der Waals surface area contributed by atoms with Crippen molar-refractivity contribution in [2.75, 3.05) is 6.54 Å². The Morgan fingerprint density at radius 1 is 1.38 bits per heavy atom. The zero-order valence-electron chi connectivity index (χ0n) is 14.6. The highest BCUT2D eigenvalue weighted by Crippen LogP contribution is 2.17. The van der Waals surface area contributed by atoms with Gasteiger partial charge >= 0.3 is 5.69 Å². The van der Waals surface area contributed by atoms with Crippen LogP contribution in [0, 0.1) is 5.92 Å². The molecule has 2 aromatic heterocycles. The largest absolute Gasteiger partial charge is 0.441 e. The van der Waals surface area contributed by atoms with Gasteiger partial charge in [-0.25, -0.2) is 14.5 Å². The van der Waals surface area contributed by atoms with Gasteiger partial charge in [-0.2, -0.15) is 5.10 Å². The standard InChI is InChI=1S/C18H21N5O3/c1-22-18(25)23-11-12(8-9-15(23)21-22)17(24)19-10-4-7-16-20-13-5-2-3-6-14(13)26-16/h2-3,5-6,12H,4,7-11H2,1H3,(H,19,24)/t12-/m1/s1. The number of para-hydroxylation sites is 2. The summed E-state index contributed by atoms with van der Waals surface area (Å²) in [5.74, 6) is 1.25. The molecule has 1 aliphatic rings. The third kappa shape index (κ3) is 3.14. The number of oxazole rings is 1. The van der Waals surface area contributed by atoms with E-state index in [4.69, 9.17) is 4.42 Å². The third-order valence-electron chi connectivity index (χ3n) is 4.78. The van der Waals surface area contributed by atoms with Gasteiger partial charge < -0.3 is 9.73 Å². The Labute approximate surface area is 149 Å². The molecule has 3 heterocycles. The highest BCUT2D eigenvalue weighted by atomic mass is 16.3. The first-order valence-electron chi connectivity index (χ1n) is 8.86. The van der Waals surface area contributed by atoms with Crippen molar-refractivity contribution in [3.63, 3.8) is 0 Å². The summed E-state index contributed by atoms with van der Waals surface area (Å²) in [6, 6.07) is 7.66. The summed E-state index contributed by atoms with van der Waals surface area (Å²) in [6.07, 6.45) is 2.79. The first-order chi connectivity index (χ1) is 12.6. The predicted octanol–water partition coefficient (Wildman–Crippen LogP) is 1.03. The number of aryl methyl sites for hydroxylation is 3. The van der Waals surface area contributed by atoms with Crippen LogP contribution in [0.25, 0.3) is 11.1 Å². The molecule has 3 aromatic rings. The minimum absolute atomic E-state index is 0.0102. The van der Waals surface area contributed by atoms with Gasteiger partial charge in [0.05, 0.1) is 5.92 Å². The predicted molar refractivity (Wildman–Crippen MR) is 94.6 cm³/mol. The van der Waals surface area contributed by atoms with E-state index in [1.165, 1.54) is 4.68 Å². The van der Waals surface area contributed by atoms with Gasteiger partial charge in [-0.05, 0) is 25.0 Å². The normalized spacial score (nSPS) is 16.6. The number of amides is 1. The molecule has 136 valence electrons. The quantitative estimate of drug-likeness (QED) is 0.690. The number of aromatic nitrogens is 4. The van der Waals surface area contributed by atoms with Gasteiger partial charge in [0.25, 0.3) is 0 Å². The molecule has 0 spiro atoms. The molecule has 0 aliphatic carbocycles. The van der Waals surface area contributed by atoms with Gasteiger partial charge in [0.15, 0.2) is 11.5 Å². The van der Waals surface area contributed by atoms with E-state index in [-0.39, 0.29) is 17.5 Å². The first kappa shape index (κ1) is 16.6. The number of rotatable bonds is 5. The fraction of sp³-hybridized carbons (Fsp3) is 0.444. The summed E-state index contributed by atoms with van der Waals surface area (Å²) in [7, 11) is 1.63. The van der Waals surface area contributed by atoms with Crippen LogP contribution in [0.1, 0.15) is 24.6 Å². The summed E-state index contributed by atoms with van der Waals surface area (Å²) in [5, 5.41) is 7.15. The molecule has 1 atom stereocenters. The Hall–Kier alpha value is -2.90. The van der Waals surface area contributed by atoms with Crippen LogP contribution in [-0.2, 0) is 31.2 Å². The fourth-order valence-electron chi connectivity index (χ4n) is 3.37. The van der Waals surface area contributed by atoms with Crippen LogP contribution < -0.4 is 11.0 Å². The van der Waals surface area contributed by atoms with Crippen molar-refractivity contribution in [1.29, 1.82) is 0 Å². The molecular formula is C18H21N5O3. The smallest absolute Gasteiger partial charge is 0.345 e. The zero-order valence-corrected chi connectivity index (χ0v) is 14.6. The summed E-state index contributed by atoms with van der Waals surface area (Å²) in [4.78, 5) is 28.8. The number of nitrogens with zero attached hydrogens (tertiary/aromatic N) is 4. The van der Waals surface area contributed by atoms with Gasteiger partial charge in [-0.3, -0.25) is 9.36 Å². The molecule has 8 heteroatoms. The molecule has 1 aromatic carbocycles. The molecule has 1 aliphatic heterocycles. The molecule has 1 N–H and O–H groups in total. The molecule has 8 nitrogen and oxygen atoms in total. The first-order valence-corrected chi connectivity index (χ1v) is 8.86. The van der Waals surface area contributed by atoms with Crippen LogP contribution in [0.3, 0.4) is 0 Å². The fourth-order valence-corrected chi connectivity index (χ4v) is 3.37.